The number of aromatic nitrogens is 1. The maximum Gasteiger partial charge on any atom is 0.410 e. The lowest BCUT2D eigenvalue weighted by molar-refractivity contribution is 0.115. The van der Waals surface area contributed by atoms with Crippen molar-refractivity contribution in [2.45, 2.75) is 12.6 Å². The number of hydrogen-bond acceptors (Lipinski definition) is 6. The summed E-state index contributed by atoms with van der Waals surface area (Å²) >= 11 is 1.47. The van der Waals surface area contributed by atoms with Crippen molar-refractivity contribution in [3.8, 4) is 16.2 Å². The van der Waals surface area contributed by atoms with Gasteiger partial charge in [0.15, 0.2) is 0 Å². The molecule has 0 aliphatic carbocycles. The second kappa shape index (κ2) is 6.41. The van der Waals surface area contributed by atoms with Crippen molar-refractivity contribution in [3.05, 3.63) is 36.0 Å². The quantitative estimate of drug-likeness (QED) is 0.852. The van der Waals surface area contributed by atoms with Crippen LogP contribution >= 0.6 is 11.5 Å². The zero-order valence-corrected chi connectivity index (χ0v) is 14.3. The highest BCUT2D eigenvalue weighted by Gasteiger charge is 2.37. The minimum absolute atomic E-state index is 0.170. The van der Waals surface area contributed by atoms with E-state index in [1.807, 2.05) is 23.2 Å². The van der Waals surface area contributed by atoms with E-state index in [0.29, 0.717) is 6.61 Å². The van der Waals surface area contributed by atoms with Crippen LogP contribution in [0.15, 0.2) is 30.5 Å². The molecule has 7 heteroatoms. The molecule has 126 valence electrons. The van der Waals surface area contributed by atoms with Gasteiger partial charge in [-0.1, -0.05) is 6.07 Å². The molecule has 0 spiro atoms. The highest BCUT2D eigenvalue weighted by Crippen LogP contribution is 2.33. The van der Waals surface area contributed by atoms with Crippen molar-refractivity contribution in [2.24, 2.45) is 0 Å². The Balaban J connectivity index is 1.51. The number of nitrogens with zero attached hydrogens (tertiary/aromatic N) is 3. The second-order valence-electron chi connectivity index (χ2n) is 6.07. The molecule has 0 saturated carbocycles. The molecule has 1 unspecified atom stereocenters. The fourth-order valence-electron chi connectivity index (χ4n) is 3.36. The van der Waals surface area contributed by atoms with Crippen LogP contribution in [0.3, 0.4) is 0 Å². The van der Waals surface area contributed by atoms with Gasteiger partial charge < -0.3 is 9.47 Å². The van der Waals surface area contributed by atoms with Crippen LogP contribution in [0.5, 0.6) is 5.75 Å². The molecule has 0 bridgehead atoms. The predicted octanol–water partition coefficient (Wildman–Crippen LogP) is 2.46. The van der Waals surface area contributed by atoms with Gasteiger partial charge in [0.1, 0.15) is 12.4 Å². The number of hydrogen-bond donors (Lipinski definition) is 0. The zero-order chi connectivity index (χ0) is 16.5. The Kier molecular flexibility index (Phi) is 4.12. The highest BCUT2D eigenvalue weighted by atomic mass is 32.1. The van der Waals surface area contributed by atoms with Crippen molar-refractivity contribution < 1.29 is 14.3 Å². The van der Waals surface area contributed by atoms with Crippen LogP contribution in [-0.2, 0) is 11.3 Å². The van der Waals surface area contributed by atoms with Crippen molar-refractivity contribution >= 4 is 17.6 Å². The van der Waals surface area contributed by atoms with Crippen molar-refractivity contribution in [1.29, 1.82) is 0 Å². The van der Waals surface area contributed by atoms with Gasteiger partial charge in [0, 0.05) is 37.9 Å². The molecule has 0 radical (unpaired) electrons. The zero-order valence-electron chi connectivity index (χ0n) is 13.5. The molecule has 4 rings (SSSR count). The molecule has 1 aromatic carbocycles. The van der Waals surface area contributed by atoms with Gasteiger partial charge in [-0.15, -0.1) is 0 Å². The average molecular weight is 345 g/mol. The second-order valence-corrected chi connectivity index (χ2v) is 6.90. The summed E-state index contributed by atoms with van der Waals surface area (Å²) in [6.45, 7) is 3.82. The number of fused-ring (bicyclic) bond motifs is 1. The SMILES string of the molecule is COc1ccc(CN2CCN3C(=O)OCC3C2)cc1-c1ccns1. The molecule has 1 atom stereocenters. The number of rotatable bonds is 4. The molecule has 6 nitrogen and oxygen atoms in total. The first-order valence-electron chi connectivity index (χ1n) is 7.98. The molecular weight excluding hydrogens is 326 g/mol. The first-order valence-corrected chi connectivity index (χ1v) is 8.75. The molecule has 2 aliphatic rings. The number of methoxy groups -OCH3 is 1. The molecule has 2 saturated heterocycles. The number of ether oxygens (including phenoxy) is 2. The standard InChI is InChI=1S/C17H19N3O3S/c1-22-15-3-2-12(8-14(15)16-4-5-18-24-16)9-19-6-7-20-13(10-19)11-23-17(20)21/h2-5,8,13H,6-7,9-11H2,1H3. The number of benzene rings is 1. The van der Waals surface area contributed by atoms with Crippen molar-refractivity contribution in [1.82, 2.24) is 14.2 Å². The number of carbonyl (C=O) groups excluding carboxylic acids is 1. The molecule has 2 aliphatic heterocycles. The summed E-state index contributed by atoms with van der Waals surface area (Å²) in [5.41, 5.74) is 2.31. The van der Waals surface area contributed by atoms with Gasteiger partial charge in [-0.05, 0) is 35.3 Å². The largest absolute Gasteiger partial charge is 0.496 e. The number of piperazine rings is 1. The first kappa shape index (κ1) is 15.4. The summed E-state index contributed by atoms with van der Waals surface area (Å²) in [7, 11) is 1.69. The summed E-state index contributed by atoms with van der Waals surface area (Å²) in [5, 5.41) is 0. The van der Waals surface area contributed by atoms with Gasteiger partial charge in [0.2, 0.25) is 0 Å². The van der Waals surface area contributed by atoms with E-state index in [9.17, 15) is 4.79 Å². The predicted molar refractivity (Wildman–Crippen MR) is 91.2 cm³/mol. The minimum Gasteiger partial charge on any atom is -0.496 e. The van der Waals surface area contributed by atoms with E-state index in [0.717, 1.165) is 42.4 Å². The fraction of sp³-hybridized carbons (Fsp3) is 0.412. The van der Waals surface area contributed by atoms with Gasteiger partial charge in [-0.2, -0.15) is 0 Å². The smallest absolute Gasteiger partial charge is 0.410 e. The Morgan fingerprint density at radius 2 is 2.29 bits per heavy atom. The van der Waals surface area contributed by atoms with Gasteiger partial charge in [-0.25, -0.2) is 9.17 Å². The highest BCUT2D eigenvalue weighted by molar-refractivity contribution is 7.09. The normalized spacial score (nSPS) is 20.8. The molecule has 1 amide bonds. The maximum atomic E-state index is 11.6. The molecule has 24 heavy (non-hydrogen) atoms. The van der Waals surface area contributed by atoms with Gasteiger partial charge in [0.25, 0.3) is 0 Å². The van der Waals surface area contributed by atoms with E-state index in [1.54, 1.807) is 7.11 Å². The number of carbonyl (C=O) groups is 1. The molecular formula is C17H19N3O3S. The van der Waals surface area contributed by atoms with Crippen LogP contribution < -0.4 is 4.74 Å². The van der Waals surface area contributed by atoms with E-state index in [-0.39, 0.29) is 12.1 Å². The Hall–Kier alpha value is -2.12. The average Bonchev–Trinajstić information content (AvgIpc) is 3.25. The number of amides is 1. The Morgan fingerprint density at radius 3 is 3.08 bits per heavy atom. The lowest BCUT2D eigenvalue weighted by Gasteiger charge is -2.35. The van der Waals surface area contributed by atoms with Crippen LogP contribution in [0.1, 0.15) is 5.56 Å². The Morgan fingerprint density at radius 1 is 1.38 bits per heavy atom. The van der Waals surface area contributed by atoms with Gasteiger partial charge >= 0.3 is 6.09 Å². The van der Waals surface area contributed by atoms with Gasteiger partial charge in [0.05, 0.1) is 18.0 Å². The third-order valence-electron chi connectivity index (χ3n) is 4.57. The third kappa shape index (κ3) is 2.85. The van der Waals surface area contributed by atoms with E-state index in [2.05, 4.69) is 21.4 Å². The topological polar surface area (TPSA) is 54.9 Å². The van der Waals surface area contributed by atoms with Crippen molar-refractivity contribution in [2.75, 3.05) is 33.4 Å². The monoisotopic (exact) mass is 345 g/mol. The minimum atomic E-state index is -0.170. The van der Waals surface area contributed by atoms with E-state index in [1.165, 1.54) is 17.1 Å². The summed E-state index contributed by atoms with van der Waals surface area (Å²) in [5.74, 6) is 0.864. The molecule has 1 aromatic heterocycles. The van der Waals surface area contributed by atoms with E-state index < -0.39 is 0 Å². The summed E-state index contributed by atoms with van der Waals surface area (Å²) in [6.07, 6.45) is 1.64. The van der Waals surface area contributed by atoms with Crippen LogP contribution in [0.4, 0.5) is 4.79 Å². The Labute approximate surface area is 144 Å². The summed E-state index contributed by atoms with van der Waals surface area (Å²) in [4.78, 5) is 16.9. The fourth-order valence-corrected chi connectivity index (χ4v) is 3.97. The molecule has 0 N–H and O–H groups in total. The van der Waals surface area contributed by atoms with Crippen LogP contribution in [-0.4, -0.2) is 59.7 Å². The Bertz CT molecular complexity index is 735. The van der Waals surface area contributed by atoms with Crippen molar-refractivity contribution in [3.63, 3.8) is 0 Å². The molecule has 2 aromatic rings. The van der Waals surface area contributed by atoms with Gasteiger partial charge in [-0.3, -0.25) is 9.80 Å². The third-order valence-corrected chi connectivity index (χ3v) is 5.35. The lowest BCUT2D eigenvalue weighted by atomic mass is 10.1. The van der Waals surface area contributed by atoms with Crippen LogP contribution in [0.25, 0.3) is 10.4 Å². The maximum absolute atomic E-state index is 11.6. The lowest BCUT2D eigenvalue weighted by Crippen LogP contribution is -2.51. The number of cyclic esters (lactones) is 1. The summed E-state index contributed by atoms with van der Waals surface area (Å²) in [6, 6.07) is 8.49. The summed E-state index contributed by atoms with van der Waals surface area (Å²) < 4.78 is 14.8. The van der Waals surface area contributed by atoms with Crippen LogP contribution in [0, 0.1) is 0 Å². The van der Waals surface area contributed by atoms with Crippen LogP contribution in [0.2, 0.25) is 0 Å². The first-order chi connectivity index (χ1) is 11.7. The molecule has 3 heterocycles. The van der Waals surface area contributed by atoms with E-state index >= 15 is 0 Å². The molecule has 2 fully saturated rings. The van der Waals surface area contributed by atoms with E-state index in [4.69, 9.17) is 9.47 Å².